The lowest BCUT2D eigenvalue weighted by Gasteiger charge is -2.11. The van der Waals surface area contributed by atoms with Gasteiger partial charge in [0.05, 0.1) is 10.5 Å². The van der Waals surface area contributed by atoms with Crippen LogP contribution in [0.5, 0.6) is 0 Å². The topological polar surface area (TPSA) is 108 Å². The maximum absolute atomic E-state index is 11.5. The number of hydrogen-bond acceptors (Lipinski definition) is 7. The van der Waals surface area contributed by atoms with E-state index in [2.05, 4.69) is 20.6 Å². The number of anilines is 3. The Kier molecular flexibility index (Phi) is 5.46. The number of aromatic nitrogens is 2. The van der Waals surface area contributed by atoms with Crippen LogP contribution in [-0.4, -0.2) is 30.9 Å². The largest absolute Gasteiger partial charge is 0.365 e. The molecule has 0 atom stereocenters. The lowest BCUT2D eigenvalue weighted by atomic mass is 10.2. The molecule has 0 aliphatic carbocycles. The van der Waals surface area contributed by atoms with E-state index in [-0.39, 0.29) is 4.90 Å². The van der Waals surface area contributed by atoms with Crippen molar-refractivity contribution >= 4 is 33.5 Å². The van der Waals surface area contributed by atoms with Gasteiger partial charge in [0.15, 0.2) is 9.84 Å². The van der Waals surface area contributed by atoms with E-state index in [0.717, 1.165) is 5.56 Å². The van der Waals surface area contributed by atoms with E-state index in [9.17, 15) is 8.42 Å². The van der Waals surface area contributed by atoms with Gasteiger partial charge in [0.1, 0.15) is 5.82 Å². The molecule has 2 aromatic carbocycles. The van der Waals surface area contributed by atoms with Crippen molar-refractivity contribution in [3.05, 3.63) is 71.9 Å². The molecule has 0 unspecified atom stereocenters. The third kappa shape index (κ3) is 4.89. The van der Waals surface area contributed by atoms with E-state index in [1.165, 1.54) is 24.6 Å². The molecular weight excluding hydrogens is 362 g/mol. The first-order chi connectivity index (χ1) is 13.0. The SMILES string of the molecule is CS(=O)(=O)c1ccc(Nc2ncc(C=N)c(NCc3ccccc3)n2)cc1. The molecular formula is C19H19N5O2S. The van der Waals surface area contributed by atoms with Crippen molar-refractivity contribution in [1.29, 1.82) is 5.41 Å². The fourth-order valence-electron chi connectivity index (χ4n) is 2.39. The predicted octanol–water partition coefficient (Wildman–Crippen LogP) is 3.23. The number of nitrogens with one attached hydrogen (secondary N) is 3. The minimum atomic E-state index is -3.24. The number of hydrogen-bond donors (Lipinski definition) is 3. The molecule has 0 aliphatic rings. The van der Waals surface area contributed by atoms with E-state index in [4.69, 9.17) is 5.41 Å². The highest BCUT2D eigenvalue weighted by Gasteiger charge is 2.08. The molecule has 1 heterocycles. The van der Waals surface area contributed by atoms with Gasteiger partial charge in [0.2, 0.25) is 5.95 Å². The summed E-state index contributed by atoms with van der Waals surface area (Å²) >= 11 is 0. The number of rotatable bonds is 7. The number of benzene rings is 2. The molecule has 1 aromatic heterocycles. The van der Waals surface area contributed by atoms with E-state index in [1.54, 1.807) is 18.3 Å². The van der Waals surface area contributed by atoms with Gasteiger partial charge in [-0.05, 0) is 29.8 Å². The van der Waals surface area contributed by atoms with E-state index in [1.807, 2.05) is 30.3 Å². The van der Waals surface area contributed by atoms with Crippen molar-refractivity contribution in [3.8, 4) is 0 Å². The van der Waals surface area contributed by atoms with Crippen LogP contribution in [-0.2, 0) is 16.4 Å². The molecule has 138 valence electrons. The quantitative estimate of drug-likeness (QED) is 0.542. The first kappa shape index (κ1) is 18.5. The van der Waals surface area contributed by atoms with Gasteiger partial charge < -0.3 is 16.0 Å². The second kappa shape index (κ2) is 7.96. The number of sulfone groups is 1. The average Bonchev–Trinajstić information content (AvgIpc) is 2.67. The van der Waals surface area contributed by atoms with Gasteiger partial charge in [-0.25, -0.2) is 13.4 Å². The normalized spacial score (nSPS) is 11.0. The van der Waals surface area contributed by atoms with Crippen molar-refractivity contribution < 1.29 is 8.42 Å². The molecule has 3 N–H and O–H groups in total. The van der Waals surface area contributed by atoms with Crippen LogP contribution in [0.4, 0.5) is 17.5 Å². The molecule has 7 nitrogen and oxygen atoms in total. The Hall–Kier alpha value is -3.26. The van der Waals surface area contributed by atoms with Gasteiger partial charge >= 0.3 is 0 Å². The molecule has 0 spiro atoms. The molecule has 27 heavy (non-hydrogen) atoms. The van der Waals surface area contributed by atoms with Crippen LogP contribution in [0, 0.1) is 5.41 Å². The summed E-state index contributed by atoms with van der Waals surface area (Å²) in [6.07, 6.45) is 3.91. The zero-order valence-corrected chi connectivity index (χ0v) is 15.5. The Bertz CT molecular complexity index is 1040. The summed E-state index contributed by atoms with van der Waals surface area (Å²) in [6, 6.07) is 16.2. The Morgan fingerprint density at radius 3 is 2.41 bits per heavy atom. The average molecular weight is 381 g/mol. The summed E-state index contributed by atoms with van der Waals surface area (Å²) < 4.78 is 23.1. The minimum Gasteiger partial charge on any atom is -0.365 e. The fourth-order valence-corrected chi connectivity index (χ4v) is 3.03. The summed E-state index contributed by atoms with van der Waals surface area (Å²) in [5.41, 5.74) is 2.33. The Labute approximate surface area is 157 Å². The first-order valence-electron chi connectivity index (χ1n) is 8.18. The number of nitrogens with zero attached hydrogens (tertiary/aromatic N) is 2. The third-order valence-corrected chi connectivity index (χ3v) is 4.94. The van der Waals surface area contributed by atoms with Crippen LogP contribution in [0.25, 0.3) is 0 Å². The molecule has 0 saturated heterocycles. The summed E-state index contributed by atoms with van der Waals surface area (Å²) in [4.78, 5) is 8.87. The molecule has 0 aliphatic heterocycles. The van der Waals surface area contributed by atoms with Gasteiger partial charge in [-0.15, -0.1) is 0 Å². The molecule has 0 fully saturated rings. The zero-order chi connectivity index (χ0) is 19.3. The smallest absolute Gasteiger partial charge is 0.229 e. The lowest BCUT2D eigenvalue weighted by molar-refractivity contribution is 0.602. The van der Waals surface area contributed by atoms with Gasteiger partial charge in [0, 0.05) is 30.9 Å². The van der Waals surface area contributed by atoms with Crippen molar-refractivity contribution in [1.82, 2.24) is 9.97 Å². The van der Waals surface area contributed by atoms with Gasteiger partial charge in [-0.3, -0.25) is 0 Å². The van der Waals surface area contributed by atoms with Crippen LogP contribution in [0.1, 0.15) is 11.1 Å². The van der Waals surface area contributed by atoms with Crippen molar-refractivity contribution in [3.63, 3.8) is 0 Å². The Balaban J connectivity index is 1.77. The summed E-state index contributed by atoms with van der Waals surface area (Å²) in [5.74, 6) is 0.891. The van der Waals surface area contributed by atoms with Gasteiger partial charge in [-0.1, -0.05) is 30.3 Å². The zero-order valence-electron chi connectivity index (χ0n) is 14.7. The third-order valence-electron chi connectivity index (χ3n) is 3.81. The van der Waals surface area contributed by atoms with Crippen LogP contribution in [0.15, 0.2) is 65.7 Å². The maximum Gasteiger partial charge on any atom is 0.229 e. The fraction of sp³-hybridized carbons (Fsp3) is 0.105. The standard InChI is InChI=1S/C19H19N5O2S/c1-27(25,26)17-9-7-16(8-10-17)23-19-22-13-15(11-20)18(24-19)21-12-14-5-3-2-4-6-14/h2-11,13,20H,12H2,1H3,(H2,21,22,23,24). The van der Waals surface area contributed by atoms with Gasteiger partial charge in [0.25, 0.3) is 0 Å². The van der Waals surface area contributed by atoms with E-state index >= 15 is 0 Å². The lowest BCUT2D eigenvalue weighted by Crippen LogP contribution is -2.07. The highest BCUT2D eigenvalue weighted by molar-refractivity contribution is 7.90. The van der Waals surface area contributed by atoms with Crippen LogP contribution in [0.2, 0.25) is 0 Å². The van der Waals surface area contributed by atoms with Crippen LogP contribution in [0.3, 0.4) is 0 Å². The second-order valence-corrected chi connectivity index (χ2v) is 7.92. The molecule has 3 rings (SSSR count). The maximum atomic E-state index is 11.5. The molecule has 0 saturated carbocycles. The monoisotopic (exact) mass is 381 g/mol. The minimum absolute atomic E-state index is 0.248. The molecule has 0 bridgehead atoms. The first-order valence-corrected chi connectivity index (χ1v) is 10.1. The highest BCUT2D eigenvalue weighted by atomic mass is 32.2. The summed E-state index contributed by atoms with van der Waals surface area (Å²) in [6.45, 7) is 0.571. The van der Waals surface area contributed by atoms with Crippen molar-refractivity contribution in [2.45, 2.75) is 11.4 Å². The predicted molar refractivity (Wildman–Crippen MR) is 107 cm³/mol. The van der Waals surface area contributed by atoms with Crippen LogP contribution < -0.4 is 10.6 Å². The van der Waals surface area contributed by atoms with Crippen molar-refractivity contribution in [2.24, 2.45) is 0 Å². The molecule has 8 heteroatoms. The molecule has 0 amide bonds. The Morgan fingerprint density at radius 1 is 1.07 bits per heavy atom. The summed E-state index contributed by atoms with van der Waals surface area (Å²) in [5, 5.41) is 13.8. The van der Waals surface area contributed by atoms with Crippen LogP contribution >= 0.6 is 0 Å². The highest BCUT2D eigenvalue weighted by Crippen LogP contribution is 2.19. The molecule has 3 aromatic rings. The van der Waals surface area contributed by atoms with E-state index in [0.29, 0.717) is 29.6 Å². The van der Waals surface area contributed by atoms with E-state index < -0.39 is 9.84 Å². The Morgan fingerprint density at radius 2 is 1.78 bits per heavy atom. The second-order valence-electron chi connectivity index (χ2n) is 5.90. The molecule has 0 radical (unpaired) electrons. The van der Waals surface area contributed by atoms with Crippen molar-refractivity contribution in [2.75, 3.05) is 16.9 Å². The summed E-state index contributed by atoms with van der Waals surface area (Å²) in [7, 11) is -3.24. The van der Waals surface area contributed by atoms with Gasteiger partial charge in [-0.2, -0.15) is 4.98 Å².